The van der Waals surface area contributed by atoms with Crippen LogP contribution in [0.5, 0.6) is 0 Å². The van der Waals surface area contributed by atoms with Crippen molar-refractivity contribution in [3.05, 3.63) is 29.3 Å². The first-order chi connectivity index (χ1) is 8.34. The number of sulfonamides is 1. The van der Waals surface area contributed by atoms with Gasteiger partial charge < -0.3 is 9.90 Å². The predicted molar refractivity (Wildman–Crippen MR) is 65.6 cm³/mol. The molecule has 0 aromatic heterocycles. The molecule has 0 aliphatic carbocycles. The molecule has 0 atom stereocenters. The first-order valence-corrected chi connectivity index (χ1v) is 7.10. The maximum absolute atomic E-state index is 12.2. The molecular weight excluding hydrogens is 254 g/mol. The van der Waals surface area contributed by atoms with Crippen molar-refractivity contribution in [2.24, 2.45) is 0 Å². The van der Waals surface area contributed by atoms with Gasteiger partial charge in [-0.3, -0.25) is 0 Å². The molecule has 0 heterocycles. The minimum atomic E-state index is -3.63. The monoisotopic (exact) mass is 270 g/mol. The number of nitrogens with zero attached hydrogens (tertiary/aromatic N) is 1. The summed E-state index contributed by atoms with van der Waals surface area (Å²) in [5, 5.41) is 10.9. The fourth-order valence-corrected chi connectivity index (χ4v) is 3.18. The average Bonchev–Trinajstić information content (AvgIpc) is 2.30. The highest BCUT2D eigenvalue weighted by atomic mass is 32.2. The van der Waals surface area contributed by atoms with E-state index in [-0.39, 0.29) is 10.5 Å². The average molecular weight is 270 g/mol. The van der Waals surface area contributed by atoms with E-state index in [1.165, 1.54) is 16.4 Å². The van der Waals surface area contributed by atoms with E-state index in [4.69, 9.17) is 0 Å². The summed E-state index contributed by atoms with van der Waals surface area (Å²) < 4.78 is 25.7. The summed E-state index contributed by atoms with van der Waals surface area (Å²) in [6.45, 7) is 5.74. The lowest BCUT2D eigenvalue weighted by Crippen LogP contribution is -2.31. The number of benzene rings is 1. The molecule has 5 nitrogen and oxygen atoms in total. The van der Waals surface area contributed by atoms with Crippen LogP contribution in [0, 0.1) is 6.92 Å². The number of carboxylic acids is 1. The fraction of sp³-hybridized carbons (Fsp3) is 0.417. The van der Waals surface area contributed by atoms with Crippen molar-refractivity contribution in [2.75, 3.05) is 13.1 Å². The third-order valence-corrected chi connectivity index (χ3v) is 4.82. The summed E-state index contributed by atoms with van der Waals surface area (Å²) in [5.41, 5.74) is 0.386. The van der Waals surface area contributed by atoms with E-state index in [1.807, 2.05) is 0 Å². The van der Waals surface area contributed by atoms with Crippen molar-refractivity contribution >= 4 is 16.0 Å². The Balaban J connectivity index is 3.34. The van der Waals surface area contributed by atoms with Gasteiger partial charge in [-0.1, -0.05) is 19.9 Å². The van der Waals surface area contributed by atoms with Crippen LogP contribution in [-0.2, 0) is 10.0 Å². The van der Waals surface area contributed by atoms with Crippen molar-refractivity contribution < 1.29 is 18.3 Å². The molecule has 1 aromatic rings. The summed E-state index contributed by atoms with van der Waals surface area (Å²) in [7, 11) is -3.63. The molecule has 0 bridgehead atoms. The van der Waals surface area contributed by atoms with Crippen LogP contribution in [0.3, 0.4) is 0 Å². The molecule has 1 aromatic carbocycles. The van der Waals surface area contributed by atoms with E-state index in [9.17, 15) is 18.3 Å². The van der Waals surface area contributed by atoms with Crippen LogP contribution in [0.25, 0.3) is 0 Å². The van der Waals surface area contributed by atoms with Gasteiger partial charge in [0, 0.05) is 18.7 Å². The Hall–Kier alpha value is -1.40. The van der Waals surface area contributed by atoms with E-state index in [2.05, 4.69) is 0 Å². The maximum Gasteiger partial charge on any atom is 0.243 e. The Morgan fingerprint density at radius 3 is 2.28 bits per heavy atom. The molecule has 100 valence electrons. The fourth-order valence-electron chi connectivity index (χ4n) is 1.69. The number of carbonyl (C=O) groups excluding carboxylic acids is 1. The molecular formula is C12H16NO4S-. The van der Waals surface area contributed by atoms with Crippen LogP contribution in [-0.4, -0.2) is 31.8 Å². The number of aromatic carboxylic acids is 1. The molecule has 6 heteroatoms. The molecule has 0 amide bonds. The molecule has 0 unspecified atom stereocenters. The van der Waals surface area contributed by atoms with Gasteiger partial charge in [0.05, 0.1) is 10.9 Å². The molecule has 0 fully saturated rings. The highest BCUT2D eigenvalue weighted by molar-refractivity contribution is 7.89. The Kier molecular flexibility index (Phi) is 4.48. The lowest BCUT2D eigenvalue weighted by Gasteiger charge is -2.19. The molecule has 1 rings (SSSR count). The molecule has 0 N–H and O–H groups in total. The number of aryl methyl sites for hydroxylation is 1. The van der Waals surface area contributed by atoms with Gasteiger partial charge in [-0.15, -0.1) is 0 Å². The van der Waals surface area contributed by atoms with Gasteiger partial charge in [0.15, 0.2) is 0 Å². The number of carbonyl (C=O) groups is 1. The Labute approximate surface area is 107 Å². The van der Waals surface area contributed by atoms with Gasteiger partial charge in [-0.25, -0.2) is 8.42 Å². The Morgan fingerprint density at radius 2 is 1.83 bits per heavy atom. The second-order valence-electron chi connectivity index (χ2n) is 3.85. The van der Waals surface area contributed by atoms with E-state index in [0.717, 1.165) is 6.07 Å². The van der Waals surface area contributed by atoms with Crippen molar-refractivity contribution in [3.8, 4) is 0 Å². The van der Waals surface area contributed by atoms with Gasteiger partial charge in [-0.05, 0) is 24.6 Å². The van der Waals surface area contributed by atoms with Crippen LogP contribution in [0.1, 0.15) is 29.8 Å². The van der Waals surface area contributed by atoms with Crippen LogP contribution in [0.2, 0.25) is 0 Å². The minimum Gasteiger partial charge on any atom is -0.545 e. The predicted octanol–water partition coefficient (Wildman–Crippen LogP) is 0.389. The number of carboxylic acid groups (broad SMARTS) is 1. The number of hydrogen-bond acceptors (Lipinski definition) is 4. The molecule has 0 aliphatic heterocycles. The first-order valence-electron chi connectivity index (χ1n) is 5.66. The standard InChI is InChI=1S/C12H17NO4S/c1-4-13(5-2)18(16,17)10-7-6-9(3)11(8-10)12(14)15/h6-8H,4-5H2,1-3H3,(H,14,15)/p-1. The van der Waals surface area contributed by atoms with Crippen molar-refractivity contribution in [3.63, 3.8) is 0 Å². The molecule has 18 heavy (non-hydrogen) atoms. The summed E-state index contributed by atoms with van der Waals surface area (Å²) in [4.78, 5) is 10.9. The first kappa shape index (κ1) is 14.7. The molecule has 0 saturated heterocycles. The van der Waals surface area contributed by atoms with Gasteiger partial charge in [0.2, 0.25) is 10.0 Å². The highest BCUT2D eigenvalue weighted by Crippen LogP contribution is 2.19. The van der Waals surface area contributed by atoms with E-state index in [0.29, 0.717) is 18.7 Å². The van der Waals surface area contributed by atoms with Gasteiger partial charge in [-0.2, -0.15) is 4.31 Å². The van der Waals surface area contributed by atoms with Crippen LogP contribution < -0.4 is 5.11 Å². The summed E-state index contributed by atoms with van der Waals surface area (Å²) in [5.74, 6) is -1.37. The van der Waals surface area contributed by atoms with E-state index >= 15 is 0 Å². The van der Waals surface area contributed by atoms with Crippen LogP contribution in [0.15, 0.2) is 23.1 Å². The SMILES string of the molecule is CCN(CC)S(=O)(=O)c1ccc(C)c(C(=O)[O-])c1. The Bertz CT molecular complexity index is 547. The zero-order valence-electron chi connectivity index (χ0n) is 10.6. The number of hydrogen-bond donors (Lipinski definition) is 0. The summed E-state index contributed by atoms with van der Waals surface area (Å²) in [6, 6.07) is 4.04. The molecule has 0 radical (unpaired) electrons. The minimum absolute atomic E-state index is 0.0176. The third-order valence-electron chi connectivity index (χ3n) is 2.77. The normalized spacial score (nSPS) is 11.8. The lowest BCUT2D eigenvalue weighted by molar-refractivity contribution is -0.255. The Morgan fingerprint density at radius 1 is 1.28 bits per heavy atom. The molecule has 0 aliphatic rings. The summed E-state index contributed by atoms with van der Waals surface area (Å²) >= 11 is 0. The smallest absolute Gasteiger partial charge is 0.243 e. The van der Waals surface area contributed by atoms with Gasteiger partial charge >= 0.3 is 0 Å². The topological polar surface area (TPSA) is 77.5 Å². The highest BCUT2D eigenvalue weighted by Gasteiger charge is 2.22. The van der Waals surface area contributed by atoms with E-state index < -0.39 is 16.0 Å². The second kappa shape index (κ2) is 5.49. The zero-order chi connectivity index (χ0) is 13.9. The van der Waals surface area contributed by atoms with Gasteiger partial charge in [0.25, 0.3) is 0 Å². The van der Waals surface area contributed by atoms with E-state index in [1.54, 1.807) is 20.8 Å². The summed E-state index contributed by atoms with van der Waals surface area (Å²) in [6.07, 6.45) is 0. The number of rotatable bonds is 5. The zero-order valence-corrected chi connectivity index (χ0v) is 11.5. The largest absolute Gasteiger partial charge is 0.545 e. The van der Waals surface area contributed by atoms with Crippen molar-refractivity contribution in [1.29, 1.82) is 0 Å². The van der Waals surface area contributed by atoms with Crippen molar-refractivity contribution in [1.82, 2.24) is 4.31 Å². The van der Waals surface area contributed by atoms with Gasteiger partial charge in [0.1, 0.15) is 0 Å². The van der Waals surface area contributed by atoms with Crippen molar-refractivity contribution in [2.45, 2.75) is 25.7 Å². The van der Waals surface area contributed by atoms with Crippen LogP contribution >= 0.6 is 0 Å². The lowest BCUT2D eigenvalue weighted by atomic mass is 10.1. The third kappa shape index (κ3) is 2.70. The quantitative estimate of drug-likeness (QED) is 0.775. The second-order valence-corrected chi connectivity index (χ2v) is 5.79. The molecule has 0 saturated carbocycles. The molecule has 0 spiro atoms. The maximum atomic E-state index is 12.2. The van der Waals surface area contributed by atoms with Crippen LogP contribution in [0.4, 0.5) is 0 Å².